The molecule has 1 fully saturated rings. The first kappa shape index (κ1) is 15.1. The summed E-state index contributed by atoms with van der Waals surface area (Å²) in [6, 6.07) is 0. The Morgan fingerprint density at radius 3 is 2.56 bits per heavy atom. The second-order valence-corrected chi connectivity index (χ2v) is 5.68. The van der Waals surface area contributed by atoms with Crippen LogP contribution in [0.15, 0.2) is 0 Å². The molecule has 1 heterocycles. The SMILES string of the molecule is CC(C)(C)OC(=O)N1CCCC(C(F)(F)CO)C1. The molecule has 4 nitrogen and oxygen atoms in total. The van der Waals surface area contributed by atoms with Gasteiger partial charge >= 0.3 is 6.09 Å². The first-order valence-corrected chi connectivity index (χ1v) is 6.12. The highest BCUT2D eigenvalue weighted by Crippen LogP contribution is 2.32. The van der Waals surface area contributed by atoms with E-state index in [1.54, 1.807) is 20.8 Å². The van der Waals surface area contributed by atoms with Crippen LogP contribution in [-0.4, -0.2) is 47.3 Å². The number of nitrogens with zero attached hydrogens (tertiary/aromatic N) is 1. The molecule has 1 rings (SSSR count). The van der Waals surface area contributed by atoms with E-state index >= 15 is 0 Å². The normalized spacial score (nSPS) is 21.9. The van der Waals surface area contributed by atoms with Crippen molar-refractivity contribution in [3.05, 3.63) is 0 Å². The Morgan fingerprint density at radius 1 is 1.44 bits per heavy atom. The minimum absolute atomic E-state index is 0.0670. The van der Waals surface area contributed by atoms with Crippen molar-refractivity contribution in [1.29, 1.82) is 0 Å². The topological polar surface area (TPSA) is 49.8 Å². The number of ether oxygens (including phenoxy) is 1. The van der Waals surface area contributed by atoms with Crippen molar-refractivity contribution in [2.24, 2.45) is 5.92 Å². The lowest BCUT2D eigenvalue weighted by Crippen LogP contribution is -2.48. The summed E-state index contributed by atoms with van der Waals surface area (Å²) in [5, 5.41) is 8.67. The molecule has 1 atom stereocenters. The second kappa shape index (κ2) is 5.38. The highest BCUT2D eigenvalue weighted by molar-refractivity contribution is 5.68. The van der Waals surface area contributed by atoms with Gasteiger partial charge in [0, 0.05) is 19.0 Å². The summed E-state index contributed by atoms with van der Waals surface area (Å²) in [5.41, 5.74) is -0.635. The highest BCUT2D eigenvalue weighted by Gasteiger charge is 2.42. The van der Waals surface area contributed by atoms with Crippen LogP contribution in [0, 0.1) is 5.92 Å². The number of carbonyl (C=O) groups is 1. The van der Waals surface area contributed by atoms with Gasteiger partial charge in [0.1, 0.15) is 12.2 Å². The predicted octanol–water partition coefficient (Wildman–Crippen LogP) is 2.26. The van der Waals surface area contributed by atoms with Crippen LogP contribution in [0.5, 0.6) is 0 Å². The Kier molecular flexibility index (Phi) is 4.53. The zero-order chi connectivity index (χ0) is 14.0. The van der Waals surface area contributed by atoms with Gasteiger partial charge in [0.05, 0.1) is 0 Å². The fourth-order valence-electron chi connectivity index (χ4n) is 1.94. The maximum atomic E-state index is 13.4. The third kappa shape index (κ3) is 4.08. The van der Waals surface area contributed by atoms with Crippen LogP contribution in [0.1, 0.15) is 33.6 Å². The van der Waals surface area contributed by atoms with Crippen LogP contribution in [-0.2, 0) is 4.74 Å². The average Bonchev–Trinajstić information content (AvgIpc) is 2.27. The Labute approximate surface area is 106 Å². The van der Waals surface area contributed by atoms with Crippen molar-refractivity contribution < 1.29 is 23.4 Å². The molecule has 0 radical (unpaired) electrons. The van der Waals surface area contributed by atoms with Crippen LogP contribution in [0.2, 0.25) is 0 Å². The summed E-state index contributed by atoms with van der Waals surface area (Å²) in [7, 11) is 0. The van der Waals surface area contributed by atoms with Gasteiger partial charge in [0.2, 0.25) is 0 Å². The molecule has 6 heteroatoms. The predicted molar refractivity (Wildman–Crippen MR) is 62.6 cm³/mol. The number of halogens is 2. The van der Waals surface area contributed by atoms with Gasteiger partial charge in [0.25, 0.3) is 5.92 Å². The van der Waals surface area contributed by atoms with Crippen molar-refractivity contribution in [3.63, 3.8) is 0 Å². The second-order valence-electron chi connectivity index (χ2n) is 5.68. The number of hydrogen-bond acceptors (Lipinski definition) is 3. The van der Waals surface area contributed by atoms with Gasteiger partial charge in [-0.25, -0.2) is 13.6 Å². The number of piperidine rings is 1. The van der Waals surface area contributed by atoms with Gasteiger partial charge in [-0.15, -0.1) is 0 Å². The van der Waals surface area contributed by atoms with Crippen molar-refractivity contribution in [1.82, 2.24) is 4.90 Å². The van der Waals surface area contributed by atoms with Crippen molar-refractivity contribution in [2.75, 3.05) is 19.7 Å². The van der Waals surface area contributed by atoms with E-state index in [4.69, 9.17) is 9.84 Å². The summed E-state index contributed by atoms with van der Waals surface area (Å²) in [6.45, 7) is 4.37. The monoisotopic (exact) mass is 265 g/mol. The van der Waals surface area contributed by atoms with Gasteiger partial charge in [-0.2, -0.15) is 0 Å². The minimum atomic E-state index is -3.14. The fraction of sp³-hybridized carbons (Fsp3) is 0.917. The average molecular weight is 265 g/mol. The lowest BCUT2D eigenvalue weighted by molar-refractivity contribution is -0.114. The van der Waals surface area contributed by atoms with E-state index in [0.29, 0.717) is 19.4 Å². The van der Waals surface area contributed by atoms with Gasteiger partial charge in [0.15, 0.2) is 0 Å². The summed E-state index contributed by atoms with van der Waals surface area (Å²) in [5.74, 6) is -4.13. The van der Waals surface area contributed by atoms with Crippen molar-refractivity contribution in [3.8, 4) is 0 Å². The minimum Gasteiger partial charge on any atom is -0.444 e. The first-order chi connectivity index (χ1) is 8.15. The van der Waals surface area contributed by atoms with E-state index in [-0.39, 0.29) is 6.54 Å². The third-order valence-corrected chi connectivity index (χ3v) is 2.88. The number of hydrogen-bond donors (Lipinski definition) is 1. The number of aliphatic hydroxyl groups is 1. The standard InChI is InChI=1S/C12H21F2NO3/c1-11(2,3)18-10(17)15-6-4-5-9(7-15)12(13,14)8-16/h9,16H,4-8H2,1-3H3. The maximum Gasteiger partial charge on any atom is 0.410 e. The highest BCUT2D eigenvalue weighted by atomic mass is 19.3. The number of aliphatic hydroxyl groups excluding tert-OH is 1. The van der Waals surface area contributed by atoms with E-state index in [9.17, 15) is 13.6 Å². The molecule has 1 saturated heterocycles. The Hall–Kier alpha value is -0.910. The number of amides is 1. The molecule has 0 aromatic rings. The lowest BCUT2D eigenvalue weighted by Gasteiger charge is -2.36. The smallest absolute Gasteiger partial charge is 0.410 e. The van der Waals surface area contributed by atoms with Crippen molar-refractivity contribution >= 4 is 6.09 Å². The van der Waals surface area contributed by atoms with Gasteiger partial charge in [-0.05, 0) is 33.6 Å². The zero-order valence-corrected chi connectivity index (χ0v) is 11.1. The number of likely N-dealkylation sites (tertiary alicyclic amines) is 1. The third-order valence-electron chi connectivity index (χ3n) is 2.88. The Bertz CT molecular complexity index is 302. The molecule has 1 N–H and O–H groups in total. The molecule has 1 aliphatic heterocycles. The molecule has 1 amide bonds. The van der Waals surface area contributed by atoms with Crippen LogP contribution < -0.4 is 0 Å². The van der Waals surface area contributed by atoms with E-state index in [1.807, 2.05) is 0 Å². The molecule has 1 unspecified atom stereocenters. The molecule has 106 valence electrons. The summed E-state index contributed by atoms with van der Waals surface area (Å²) < 4.78 is 31.9. The quantitative estimate of drug-likeness (QED) is 0.833. The van der Waals surface area contributed by atoms with Gasteiger partial charge in [-0.1, -0.05) is 0 Å². The van der Waals surface area contributed by atoms with Crippen LogP contribution in [0.3, 0.4) is 0 Å². The molecule has 18 heavy (non-hydrogen) atoms. The Balaban J connectivity index is 2.61. The van der Waals surface area contributed by atoms with E-state index in [2.05, 4.69) is 0 Å². The summed E-state index contributed by atoms with van der Waals surface area (Å²) in [4.78, 5) is 13.1. The largest absolute Gasteiger partial charge is 0.444 e. The van der Waals surface area contributed by atoms with Crippen LogP contribution in [0.25, 0.3) is 0 Å². The van der Waals surface area contributed by atoms with Gasteiger partial charge in [-0.3, -0.25) is 0 Å². The number of carbonyl (C=O) groups excluding carboxylic acids is 1. The van der Waals surface area contributed by atoms with E-state index < -0.39 is 30.1 Å². The molecule has 1 aliphatic rings. The molecular weight excluding hydrogens is 244 g/mol. The van der Waals surface area contributed by atoms with Crippen molar-refractivity contribution in [2.45, 2.75) is 45.1 Å². The zero-order valence-electron chi connectivity index (χ0n) is 11.1. The molecule has 0 aromatic heterocycles. The summed E-state index contributed by atoms with van der Waals surface area (Å²) >= 11 is 0. The van der Waals surface area contributed by atoms with E-state index in [1.165, 1.54) is 4.90 Å². The fourth-order valence-corrected chi connectivity index (χ4v) is 1.94. The molecule has 0 spiro atoms. The number of rotatable bonds is 2. The Morgan fingerprint density at radius 2 is 2.06 bits per heavy atom. The molecule has 0 aliphatic carbocycles. The lowest BCUT2D eigenvalue weighted by atomic mass is 9.92. The van der Waals surface area contributed by atoms with E-state index in [0.717, 1.165) is 0 Å². The van der Waals surface area contributed by atoms with Crippen LogP contribution in [0.4, 0.5) is 13.6 Å². The molecule has 0 aromatic carbocycles. The molecule has 0 bridgehead atoms. The maximum absolute atomic E-state index is 13.4. The molecular formula is C12H21F2NO3. The summed E-state index contributed by atoms with van der Waals surface area (Å²) in [6.07, 6.45) is 0.243. The molecule has 0 saturated carbocycles. The number of alkyl halides is 2. The van der Waals surface area contributed by atoms with Crippen LogP contribution >= 0.6 is 0 Å². The first-order valence-electron chi connectivity index (χ1n) is 6.12. The van der Waals surface area contributed by atoms with Gasteiger partial charge < -0.3 is 14.7 Å².